The Morgan fingerprint density at radius 3 is 2.23 bits per heavy atom. The molecule has 0 N–H and O–H groups in total. The molecule has 0 radical (unpaired) electrons. The predicted molar refractivity (Wildman–Crippen MR) is 110 cm³/mol. The minimum absolute atomic E-state index is 0.0376. The number of nitrogens with zero attached hydrogens (tertiary/aromatic N) is 4. The van der Waals surface area contributed by atoms with Crippen LogP contribution < -0.4 is 0 Å². The van der Waals surface area contributed by atoms with Crippen LogP contribution in [0.1, 0.15) is 23.4 Å². The molecule has 1 aromatic carbocycles. The van der Waals surface area contributed by atoms with Crippen LogP contribution in [0.4, 0.5) is 13.2 Å². The summed E-state index contributed by atoms with van der Waals surface area (Å²) < 4.78 is 39.9. The van der Waals surface area contributed by atoms with E-state index in [1.165, 1.54) is 6.92 Å². The standard InChI is InChI=1S/C19H20Cl3F3N4O/c1-12-17(22)18(19(23,24)25)26-29(12)6-5-16(30)28-9-7-27(8-10-28)11-13-14(20)3-2-4-15(13)21/h2-4H,5-11H2,1H3. The van der Waals surface area contributed by atoms with Gasteiger partial charge < -0.3 is 4.90 Å². The Kier molecular flexibility index (Phi) is 7.22. The third-order valence-corrected chi connectivity index (χ3v) is 6.27. The van der Waals surface area contributed by atoms with Gasteiger partial charge in [-0.1, -0.05) is 40.9 Å². The van der Waals surface area contributed by atoms with E-state index in [2.05, 4.69) is 10.00 Å². The lowest BCUT2D eigenvalue weighted by Crippen LogP contribution is -2.48. The average Bonchev–Trinajstić information content (AvgIpc) is 2.98. The molecule has 1 aliphatic rings. The van der Waals surface area contributed by atoms with E-state index in [0.717, 1.165) is 10.2 Å². The summed E-state index contributed by atoms with van der Waals surface area (Å²) in [4.78, 5) is 16.4. The van der Waals surface area contributed by atoms with Crippen molar-refractivity contribution < 1.29 is 18.0 Å². The van der Waals surface area contributed by atoms with Crippen LogP contribution in [0.2, 0.25) is 15.1 Å². The van der Waals surface area contributed by atoms with Gasteiger partial charge in [-0.15, -0.1) is 0 Å². The van der Waals surface area contributed by atoms with E-state index in [4.69, 9.17) is 34.8 Å². The van der Waals surface area contributed by atoms with E-state index in [9.17, 15) is 18.0 Å². The molecule has 11 heteroatoms. The van der Waals surface area contributed by atoms with Crippen molar-refractivity contribution in [3.8, 4) is 0 Å². The number of halogens is 6. The first-order valence-corrected chi connectivity index (χ1v) is 10.4. The normalized spacial score (nSPS) is 15.6. The quantitative estimate of drug-likeness (QED) is 0.607. The lowest BCUT2D eigenvalue weighted by Gasteiger charge is -2.35. The number of aryl methyl sites for hydroxylation is 1. The molecule has 1 fully saturated rings. The van der Waals surface area contributed by atoms with Gasteiger partial charge in [0, 0.05) is 54.8 Å². The Morgan fingerprint density at radius 2 is 1.70 bits per heavy atom. The maximum Gasteiger partial charge on any atom is 0.436 e. The van der Waals surface area contributed by atoms with Crippen molar-refractivity contribution in [1.29, 1.82) is 0 Å². The van der Waals surface area contributed by atoms with Crippen LogP contribution in [0.25, 0.3) is 0 Å². The number of aromatic nitrogens is 2. The van der Waals surface area contributed by atoms with Crippen LogP contribution in [-0.4, -0.2) is 51.7 Å². The van der Waals surface area contributed by atoms with Gasteiger partial charge >= 0.3 is 6.18 Å². The number of benzene rings is 1. The number of rotatable bonds is 5. The van der Waals surface area contributed by atoms with E-state index < -0.39 is 16.9 Å². The van der Waals surface area contributed by atoms with E-state index in [0.29, 0.717) is 42.8 Å². The van der Waals surface area contributed by atoms with Crippen LogP contribution in [0.15, 0.2) is 18.2 Å². The van der Waals surface area contributed by atoms with E-state index in [-0.39, 0.29) is 24.6 Å². The zero-order valence-corrected chi connectivity index (χ0v) is 18.4. The highest BCUT2D eigenvalue weighted by atomic mass is 35.5. The lowest BCUT2D eigenvalue weighted by molar-refractivity contribution is -0.141. The van der Waals surface area contributed by atoms with Crippen LogP contribution >= 0.6 is 34.8 Å². The molecule has 0 saturated carbocycles. The summed E-state index contributed by atoms with van der Waals surface area (Å²) in [5.74, 6) is -0.134. The molecule has 1 aromatic heterocycles. The molecular weight excluding hydrogens is 464 g/mol. The Bertz CT molecular complexity index is 904. The second kappa shape index (κ2) is 9.34. The summed E-state index contributed by atoms with van der Waals surface area (Å²) in [6.07, 6.45) is -4.58. The summed E-state index contributed by atoms with van der Waals surface area (Å²) >= 11 is 18.2. The predicted octanol–water partition coefficient (Wildman–Crippen LogP) is 4.91. The maximum atomic E-state index is 12.9. The zero-order chi connectivity index (χ0) is 22.1. The number of hydrogen-bond acceptors (Lipinski definition) is 3. The number of hydrogen-bond donors (Lipinski definition) is 0. The molecule has 0 atom stereocenters. The molecule has 0 bridgehead atoms. The van der Waals surface area contributed by atoms with Crippen molar-refractivity contribution >= 4 is 40.7 Å². The monoisotopic (exact) mass is 482 g/mol. The smallest absolute Gasteiger partial charge is 0.340 e. The van der Waals surface area contributed by atoms with Gasteiger partial charge in [-0.3, -0.25) is 14.4 Å². The molecule has 30 heavy (non-hydrogen) atoms. The highest BCUT2D eigenvalue weighted by Crippen LogP contribution is 2.35. The lowest BCUT2D eigenvalue weighted by atomic mass is 10.2. The molecule has 0 aliphatic carbocycles. The fourth-order valence-corrected chi connectivity index (χ4v) is 4.10. The first kappa shape index (κ1) is 23.2. The number of alkyl halides is 3. The van der Waals surface area contributed by atoms with Gasteiger partial charge in [0.15, 0.2) is 5.69 Å². The molecule has 1 aliphatic heterocycles. The fourth-order valence-electron chi connectivity index (χ4n) is 3.35. The Balaban J connectivity index is 1.53. The highest BCUT2D eigenvalue weighted by Gasteiger charge is 2.38. The van der Waals surface area contributed by atoms with Gasteiger partial charge in [-0.05, 0) is 19.1 Å². The summed E-state index contributed by atoms with van der Waals surface area (Å²) in [6, 6.07) is 5.36. The molecular formula is C19H20Cl3F3N4O. The molecule has 0 spiro atoms. The third kappa shape index (κ3) is 5.22. The van der Waals surface area contributed by atoms with Crippen LogP contribution in [0, 0.1) is 6.92 Å². The summed E-state index contributed by atoms with van der Waals surface area (Å²) in [5.41, 5.74) is -0.0775. The van der Waals surface area contributed by atoms with Crippen molar-refractivity contribution in [1.82, 2.24) is 19.6 Å². The molecule has 5 nitrogen and oxygen atoms in total. The third-order valence-electron chi connectivity index (χ3n) is 5.11. The van der Waals surface area contributed by atoms with E-state index in [1.807, 2.05) is 0 Å². The molecule has 2 aromatic rings. The number of piperazine rings is 1. The SMILES string of the molecule is Cc1c(Cl)c(C(F)(F)F)nn1CCC(=O)N1CCN(Cc2c(Cl)cccc2Cl)CC1. The van der Waals surface area contributed by atoms with Crippen molar-refractivity contribution in [3.63, 3.8) is 0 Å². The van der Waals surface area contributed by atoms with E-state index >= 15 is 0 Å². The molecule has 2 heterocycles. The number of carbonyl (C=O) groups is 1. The maximum absolute atomic E-state index is 12.9. The molecule has 1 saturated heterocycles. The van der Waals surface area contributed by atoms with Crippen LogP contribution in [0.3, 0.4) is 0 Å². The van der Waals surface area contributed by atoms with Crippen molar-refractivity contribution in [2.24, 2.45) is 0 Å². The summed E-state index contributed by atoms with van der Waals surface area (Å²) in [7, 11) is 0. The Labute approximate surface area is 187 Å². The Morgan fingerprint density at radius 1 is 1.10 bits per heavy atom. The van der Waals surface area contributed by atoms with Crippen molar-refractivity contribution in [2.45, 2.75) is 32.6 Å². The first-order valence-electron chi connectivity index (χ1n) is 9.31. The zero-order valence-electron chi connectivity index (χ0n) is 16.1. The number of carbonyl (C=O) groups excluding carboxylic acids is 1. The van der Waals surface area contributed by atoms with Gasteiger partial charge in [0.1, 0.15) is 0 Å². The molecule has 1 amide bonds. The van der Waals surface area contributed by atoms with Crippen molar-refractivity contribution in [3.05, 3.63) is 50.2 Å². The van der Waals surface area contributed by atoms with Gasteiger partial charge in [0.2, 0.25) is 5.91 Å². The van der Waals surface area contributed by atoms with Gasteiger partial charge in [0.25, 0.3) is 0 Å². The minimum atomic E-state index is -4.63. The second-order valence-corrected chi connectivity index (χ2v) is 8.27. The first-order chi connectivity index (χ1) is 14.1. The van der Waals surface area contributed by atoms with E-state index in [1.54, 1.807) is 23.1 Å². The second-order valence-electron chi connectivity index (χ2n) is 7.08. The largest absolute Gasteiger partial charge is 0.436 e. The molecule has 3 rings (SSSR count). The van der Waals surface area contributed by atoms with Crippen molar-refractivity contribution in [2.75, 3.05) is 26.2 Å². The van der Waals surface area contributed by atoms with Crippen LogP contribution in [0.5, 0.6) is 0 Å². The van der Waals surface area contributed by atoms with Crippen LogP contribution in [-0.2, 0) is 24.1 Å². The minimum Gasteiger partial charge on any atom is -0.340 e. The average molecular weight is 484 g/mol. The Hall–Kier alpha value is -1.48. The van der Waals surface area contributed by atoms with Gasteiger partial charge in [-0.25, -0.2) is 0 Å². The number of amides is 1. The topological polar surface area (TPSA) is 41.4 Å². The molecule has 0 unspecified atom stereocenters. The molecule has 164 valence electrons. The van der Waals surface area contributed by atoms with Gasteiger partial charge in [-0.2, -0.15) is 18.3 Å². The summed E-state index contributed by atoms with van der Waals surface area (Å²) in [6.45, 7) is 4.42. The fraction of sp³-hybridized carbons (Fsp3) is 0.474. The summed E-state index contributed by atoms with van der Waals surface area (Å²) in [5, 5.41) is 4.31. The highest BCUT2D eigenvalue weighted by molar-refractivity contribution is 6.36. The van der Waals surface area contributed by atoms with Gasteiger partial charge in [0.05, 0.1) is 17.3 Å².